The fourth-order valence-corrected chi connectivity index (χ4v) is 5.48. The molecule has 2 bridgehead atoms. The molecule has 148 valence electrons. The molecule has 2 unspecified atom stereocenters. The van der Waals surface area contributed by atoms with Gasteiger partial charge in [-0.3, -0.25) is 0 Å². The summed E-state index contributed by atoms with van der Waals surface area (Å²) in [4.78, 5) is 11.2. The largest absolute Gasteiger partial charge is 0.466 e. The van der Waals surface area contributed by atoms with E-state index < -0.39 is 0 Å². The number of carbonyl (C=O) groups is 1. The molecule has 0 amide bonds. The van der Waals surface area contributed by atoms with Crippen LogP contribution in [-0.4, -0.2) is 19.6 Å². The summed E-state index contributed by atoms with van der Waals surface area (Å²) in [6.07, 6.45) is 11.8. The second kappa shape index (κ2) is 9.05. The minimum Gasteiger partial charge on any atom is -0.466 e. The standard InChI is InChI=1S/C24H35NO2/c1-4-18-11-21-13-22(12-18)15-24(2,14-21)17-25-16-20-7-5-19(6-8-20)9-10-23(26)27-3/h5-10,18,21-22,25H,4,11-17H2,1-3H3/b10-9+. The van der Waals surface area contributed by atoms with Crippen LogP contribution >= 0.6 is 0 Å². The van der Waals surface area contributed by atoms with E-state index in [1.807, 2.05) is 12.1 Å². The second-order valence-electron chi connectivity index (χ2n) is 9.13. The number of rotatable bonds is 7. The number of ether oxygens (including phenoxy) is 1. The lowest BCUT2D eigenvalue weighted by Gasteiger charge is -2.48. The zero-order chi connectivity index (χ0) is 19.3. The summed E-state index contributed by atoms with van der Waals surface area (Å²) >= 11 is 0. The van der Waals surface area contributed by atoms with Crippen molar-refractivity contribution in [2.75, 3.05) is 13.7 Å². The summed E-state index contributed by atoms with van der Waals surface area (Å²) in [5.74, 6) is 2.57. The summed E-state index contributed by atoms with van der Waals surface area (Å²) in [5.41, 5.74) is 2.76. The minimum atomic E-state index is -0.323. The Kier molecular flexibility index (Phi) is 6.75. The molecule has 0 spiro atoms. The highest BCUT2D eigenvalue weighted by atomic mass is 16.5. The van der Waals surface area contributed by atoms with Crippen LogP contribution in [0.4, 0.5) is 0 Å². The second-order valence-corrected chi connectivity index (χ2v) is 9.13. The number of esters is 1. The monoisotopic (exact) mass is 369 g/mol. The third-order valence-electron chi connectivity index (χ3n) is 6.61. The molecule has 1 N–H and O–H groups in total. The highest BCUT2D eigenvalue weighted by molar-refractivity contribution is 5.86. The van der Waals surface area contributed by atoms with Gasteiger partial charge in [-0.05, 0) is 72.5 Å². The number of nitrogens with one attached hydrogen (secondary N) is 1. The van der Waals surface area contributed by atoms with Crippen LogP contribution in [0.25, 0.3) is 6.08 Å². The molecule has 3 nitrogen and oxygen atoms in total. The third kappa shape index (κ3) is 5.68. The van der Waals surface area contributed by atoms with E-state index in [-0.39, 0.29) is 5.97 Å². The average molecular weight is 370 g/mol. The molecule has 2 atom stereocenters. The first-order chi connectivity index (χ1) is 13.0. The van der Waals surface area contributed by atoms with Gasteiger partial charge in [0.1, 0.15) is 0 Å². The van der Waals surface area contributed by atoms with Gasteiger partial charge in [0.25, 0.3) is 0 Å². The first-order valence-electron chi connectivity index (χ1n) is 10.6. The Labute approximate surface area is 164 Å². The smallest absolute Gasteiger partial charge is 0.330 e. The van der Waals surface area contributed by atoms with E-state index in [0.717, 1.165) is 36.4 Å². The van der Waals surface area contributed by atoms with E-state index in [4.69, 9.17) is 0 Å². The van der Waals surface area contributed by atoms with Gasteiger partial charge in [-0.2, -0.15) is 0 Å². The van der Waals surface area contributed by atoms with Crippen LogP contribution in [0.15, 0.2) is 30.3 Å². The molecule has 0 aliphatic heterocycles. The molecule has 1 aromatic carbocycles. The molecule has 3 heteroatoms. The van der Waals surface area contributed by atoms with E-state index in [9.17, 15) is 4.79 Å². The molecule has 2 aliphatic rings. The number of methoxy groups -OCH3 is 1. The SMILES string of the molecule is CCC1CC2CC(C1)CC(C)(CNCc1ccc(/C=C/C(=O)OC)cc1)C2. The summed E-state index contributed by atoms with van der Waals surface area (Å²) in [6.45, 7) is 6.87. The zero-order valence-corrected chi connectivity index (χ0v) is 17.2. The molecule has 1 aromatic rings. The lowest BCUT2D eigenvalue weighted by atomic mass is 9.59. The minimum absolute atomic E-state index is 0.323. The highest BCUT2D eigenvalue weighted by Crippen LogP contribution is 2.50. The number of carbonyl (C=O) groups excluding carboxylic acids is 1. The molecular weight excluding hydrogens is 334 g/mol. The van der Waals surface area contributed by atoms with E-state index in [0.29, 0.717) is 5.41 Å². The molecule has 2 aliphatic carbocycles. The number of fused-ring (bicyclic) bond motifs is 2. The first kappa shape index (κ1) is 20.1. The molecule has 0 heterocycles. The van der Waals surface area contributed by atoms with Crippen molar-refractivity contribution in [3.8, 4) is 0 Å². The highest BCUT2D eigenvalue weighted by Gasteiger charge is 2.41. The van der Waals surface area contributed by atoms with E-state index in [1.54, 1.807) is 6.08 Å². The van der Waals surface area contributed by atoms with Crippen molar-refractivity contribution >= 4 is 12.0 Å². The van der Waals surface area contributed by atoms with Gasteiger partial charge in [-0.15, -0.1) is 0 Å². The van der Waals surface area contributed by atoms with Gasteiger partial charge in [-0.1, -0.05) is 44.5 Å². The van der Waals surface area contributed by atoms with Crippen LogP contribution < -0.4 is 5.32 Å². The summed E-state index contributed by atoms with van der Waals surface area (Å²) in [5, 5.41) is 3.71. The molecule has 3 rings (SSSR count). The van der Waals surface area contributed by atoms with Crippen molar-refractivity contribution in [2.45, 2.75) is 58.9 Å². The van der Waals surface area contributed by atoms with Crippen molar-refractivity contribution in [1.82, 2.24) is 5.32 Å². The first-order valence-corrected chi connectivity index (χ1v) is 10.6. The predicted octanol–water partition coefficient (Wildman–Crippen LogP) is 5.21. The van der Waals surface area contributed by atoms with Crippen LogP contribution in [0, 0.1) is 23.2 Å². The fourth-order valence-electron chi connectivity index (χ4n) is 5.48. The average Bonchev–Trinajstić information content (AvgIpc) is 2.66. The molecule has 0 radical (unpaired) electrons. The predicted molar refractivity (Wildman–Crippen MR) is 111 cm³/mol. The van der Waals surface area contributed by atoms with Crippen LogP contribution in [0.2, 0.25) is 0 Å². The summed E-state index contributed by atoms with van der Waals surface area (Å²) < 4.78 is 4.62. The molecule has 27 heavy (non-hydrogen) atoms. The lowest BCUT2D eigenvalue weighted by molar-refractivity contribution is -0.134. The Hall–Kier alpha value is -1.61. The van der Waals surface area contributed by atoms with Crippen molar-refractivity contribution < 1.29 is 9.53 Å². The lowest BCUT2D eigenvalue weighted by Crippen LogP contribution is -2.42. The zero-order valence-electron chi connectivity index (χ0n) is 17.2. The van der Waals surface area contributed by atoms with Crippen LogP contribution in [0.1, 0.15) is 63.5 Å². The Balaban J connectivity index is 1.47. The normalized spacial score (nSPS) is 30.4. The van der Waals surface area contributed by atoms with Gasteiger partial charge in [0.05, 0.1) is 7.11 Å². The van der Waals surface area contributed by atoms with Gasteiger partial charge in [0, 0.05) is 19.2 Å². The Morgan fingerprint density at radius 3 is 2.44 bits per heavy atom. The van der Waals surface area contributed by atoms with Crippen molar-refractivity contribution in [3.05, 3.63) is 41.5 Å². The van der Waals surface area contributed by atoms with Crippen LogP contribution in [0.5, 0.6) is 0 Å². The number of hydrogen-bond acceptors (Lipinski definition) is 3. The maximum Gasteiger partial charge on any atom is 0.330 e. The fraction of sp³-hybridized carbons (Fsp3) is 0.625. The maximum atomic E-state index is 11.2. The van der Waals surface area contributed by atoms with Crippen LogP contribution in [-0.2, 0) is 16.1 Å². The Morgan fingerprint density at radius 1 is 1.19 bits per heavy atom. The van der Waals surface area contributed by atoms with Crippen molar-refractivity contribution in [2.24, 2.45) is 23.2 Å². The number of benzene rings is 1. The van der Waals surface area contributed by atoms with E-state index >= 15 is 0 Å². The van der Waals surface area contributed by atoms with E-state index in [2.05, 4.69) is 36.0 Å². The maximum absolute atomic E-state index is 11.2. The quantitative estimate of drug-likeness (QED) is 0.530. The van der Waals surface area contributed by atoms with Gasteiger partial charge >= 0.3 is 5.97 Å². The van der Waals surface area contributed by atoms with Gasteiger partial charge < -0.3 is 10.1 Å². The van der Waals surface area contributed by atoms with Gasteiger partial charge in [0.2, 0.25) is 0 Å². The summed E-state index contributed by atoms with van der Waals surface area (Å²) in [7, 11) is 1.39. The van der Waals surface area contributed by atoms with Crippen molar-refractivity contribution in [1.29, 1.82) is 0 Å². The Bertz CT molecular complexity index is 635. The topological polar surface area (TPSA) is 38.3 Å². The number of hydrogen-bond donors (Lipinski definition) is 1. The molecule has 2 fully saturated rings. The summed E-state index contributed by atoms with van der Waals surface area (Å²) in [6, 6.07) is 8.36. The van der Waals surface area contributed by atoms with Crippen LogP contribution in [0.3, 0.4) is 0 Å². The van der Waals surface area contributed by atoms with E-state index in [1.165, 1.54) is 57.3 Å². The molecular formula is C24H35NO2. The van der Waals surface area contributed by atoms with Crippen molar-refractivity contribution in [3.63, 3.8) is 0 Å². The van der Waals surface area contributed by atoms with Gasteiger partial charge in [-0.25, -0.2) is 4.79 Å². The third-order valence-corrected chi connectivity index (χ3v) is 6.61. The van der Waals surface area contributed by atoms with Gasteiger partial charge in [0.15, 0.2) is 0 Å². The molecule has 2 saturated carbocycles. The molecule has 0 aromatic heterocycles. The Morgan fingerprint density at radius 2 is 1.85 bits per heavy atom. The molecule has 0 saturated heterocycles.